The van der Waals surface area contributed by atoms with Gasteiger partial charge in [-0.3, -0.25) is 4.57 Å². The molecule has 0 saturated carbocycles. The summed E-state index contributed by atoms with van der Waals surface area (Å²) in [5, 5.41) is 0. The third-order valence-corrected chi connectivity index (χ3v) is 5.27. The minimum Gasteiger partial charge on any atom is -0.497 e. The van der Waals surface area contributed by atoms with E-state index < -0.39 is 0 Å². The molecule has 3 aromatic carbocycles. The minimum atomic E-state index is 0.632. The maximum Gasteiger partial charge on any atom is 0.199 e. The summed E-state index contributed by atoms with van der Waals surface area (Å²) in [6.07, 6.45) is 0. The summed E-state index contributed by atoms with van der Waals surface area (Å²) in [5.74, 6) is 1.62. The van der Waals surface area contributed by atoms with Gasteiger partial charge in [0.2, 0.25) is 0 Å². The zero-order valence-corrected chi connectivity index (χ0v) is 16.5. The molecule has 0 saturated heterocycles. The van der Waals surface area contributed by atoms with Crippen molar-refractivity contribution in [3.63, 3.8) is 0 Å². The molecule has 5 heteroatoms. The Morgan fingerprint density at radius 2 is 1.48 bits per heavy atom. The molecule has 2 heterocycles. The van der Waals surface area contributed by atoms with Crippen LogP contribution in [0.3, 0.4) is 0 Å². The van der Waals surface area contributed by atoms with Crippen molar-refractivity contribution in [1.29, 1.82) is 0 Å². The SMILES string of the molecule is COc1ccc(-c2nc3nc4ccccc4nc3n2-c2ccc(C)c(C)c2)cc1. The van der Waals surface area contributed by atoms with Crippen molar-refractivity contribution in [1.82, 2.24) is 19.5 Å². The van der Waals surface area contributed by atoms with Gasteiger partial charge in [0.25, 0.3) is 0 Å². The number of hydrogen-bond donors (Lipinski definition) is 0. The minimum absolute atomic E-state index is 0.632. The molecule has 0 aliphatic rings. The summed E-state index contributed by atoms with van der Waals surface area (Å²) >= 11 is 0. The summed E-state index contributed by atoms with van der Waals surface area (Å²) in [7, 11) is 1.67. The average Bonchev–Trinajstić information content (AvgIpc) is 3.12. The van der Waals surface area contributed by atoms with Crippen LogP contribution in [-0.2, 0) is 0 Å². The van der Waals surface area contributed by atoms with Gasteiger partial charge in [0.1, 0.15) is 11.6 Å². The Labute approximate surface area is 168 Å². The Kier molecular flexibility index (Phi) is 4.02. The fourth-order valence-corrected chi connectivity index (χ4v) is 3.50. The number of nitrogens with zero attached hydrogens (tertiary/aromatic N) is 4. The zero-order chi connectivity index (χ0) is 20.0. The molecule has 0 atom stereocenters. The fraction of sp³-hybridized carbons (Fsp3) is 0.125. The molecule has 5 nitrogen and oxygen atoms in total. The number of fused-ring (bicyclic) bond motifs is 2. The van der Waals surface area contributed by atoms with Gasteiger partial charge in [0.05, 0.1) is 18.1 Å². The molecule has 0 spiro atoms. The number of ether oxygens (including phenoxy) is 1. The monoisotopic (exact) mass is 380 g/mol. The lowest BCUT2D eigenvalue weighted by Crippen LogP contribution is -2.00. The highest BCUT2D eigenvalue weighted by molar-refractivity contribution is 5.86. The van der Waals surface area contributed by atoms with Crippen molar-refractivity contribution in [3.05, 3.63) is 77.9 Å². The predicted molar refractivity (Wildman–Crippen MR) is 116 cm³/mol. The molecule has 2 aromatic heterocycles. The smallest absolute Gasteiger partial charge is 0.199 e. The molecule has 29 heavy (non-hydrogen) atoms. The second kappa shape index (κ2) is 6.71. The molecule has 5 rings (SSSR count). The highest BCUT2D eigenvalue weighted by Crippen LogP contribution is 2.30. The molecule has 5 aromatic rings. The van der Waals surface area contributed by atoms with E-state index in [1.54, 1.807) is 7.11 Å². The number of aryl methyl sites for hydroxylation is 2. The van der Waals surface area contributed by atoms with Gasteiger partial charge in [-0.25, -0.2) is 15.0 Å². The quantitative estimate of drug-likeness (QED) is 0.428. The zero-order valence-electron chi connectivity index (χ0n) is 16.5. The van der Waals surface area contributed by atoms with Crippen LogP contribution in [0.1, 0.15) is 11.1 Å². The van der Waals surface area contributed by atoms with Crippen LogP contribution in [0.25, 0.3) is 39.4 Å². The van der Waals surface area contributed by atoms with Gasteiger partial charge in [-0.05, 0) is 73.5 Å². The van der Waals surface area contributed by atoms with E-state index in [-0.39, 0.29) is 0 Å². The summed E-state index contributed by atoms with van der Waals surface area (Å²) in [6, 6.07) is 22.2. The van der Waals surface area contributed by atoms with E-state index in [9.17, 15) is 0 Å². The van der Waals surface area contributed by atoms with Crippen LogP contribution in [0.15, 0.2) is 66.7 Å². The predicted octanol–water partition coefficient (Wildman–Crippen LogP) is 5.26. The first-order valence-corrected chi connectivity index (χ1v) is 9.51. The molecule has 0 radical (unpaired) electrons. The highest BCUT2D eigenvalue weighted by atomic mass is 16.5. The number of benzene rings is 3. The van der Waals surface area contributed by atoms with Gasteiger partial charge < -0.3 is 4.74 Å². The third-order valence-electron chi connectivity index (χ3n) is 5.27. The van der Waals surface area contributed by atoms with Gasteiger partial charge >= 0.3 is 0 Å². The Bertz CT molecular complexity index is 1350. The van der Waals surface area contributed by atoms with Gasteiger partial charge in [-0.15, -0.1) is 0 Å². The van der Waals surface area contributed by atoms with Crippen LogP contribution in [0, 0.1) is 13.8 Å². The van der Waals surface area contributed by atoms with Gasteiger partial charge in [0, 0.05) is 11.3 Å². The molecule has 0 aliphatic heterocycles. The van der Waals surface area contributed by atoms with Crippen LogP contribution in [0.2, 0.25) is 0 Å². The van der Waals surface area contributed by atoms with Crippen molar-refractivity contribution < 1.29 is 4.74 Å². The summed E-state index contributed by atoms with van der Waals surface area (Å²) in [4.78, 5) is 14.5. The van der Waals surface area contributed by atoms with Crippen molar-refractivity contribution in [2.24, 2.45) is 0 Å². The van der Waals surface area contributed by atoms with Crippen LogP contribution in [0.5, 0.6) is 5.75 Å². The number of para-hydroxylation sites is 2. The summed E-state index contributed by atoms with van der Waals surface area (Å²) in [5.41, 5.74) is 7.54. The van der Waals surface area contributed by atoms with Crippen molar-refractivity contribution in [2.45, 2.75) is 13.8 Å². The normalized spacial score (nSPS) is 11.3. The van der Waals surface area contributed by atoms with E-state index in [1.807, 2.05) is 48.5 Å². The van der Waals surface area contributed by atoms with Gasteiger partial charge in [-0.1, -0.05) is 18.2 Å². The number of hydrogen-bond acceptors (Lipinski definition) is 4. The molecule has 142 valence electrons. The lowest BCUT2D eigenvalue weighted by atomic mass is 10.1. The highest BCUT2D eigenvalue weighted by Gasteiger charge is 2.18. The lowest BCUT2D eigenvalue weighted by Gasteiger charge is -2.11. The van der Waals surface area contributed by atoms with E-state index in [1.165, 1.54) is 11.1 Å². The number of imidazole rings is 1. The average molecular weight is 380 g/mol. The van der Waals surface area contributed by atoms with E-state index in [0.717, 1.165) is 39.5 Å². The van der Waals surface area contributed by atoms with Crippen molar-refractivity contribution >= 4 is 22.3 Å². The number of aromatic nitrogens is 4. The Hall–Kier alpha value is -3.73. The van der Waals surface area contributed by atoms with Crippen LogP contribution in [0.4, 0.5) is 0 Å². The molecular weight excluding hydrogens is 360 g/mol. The van der Waals surface area contributed by atoms with E-state index >= 15 is 0 Å². The maximum atomic E-state index is 5.31. The number of methoxy groups -OCH3 is 1. The maximum absolute atomic E-state index is 5.31. The third kappa shape index (κ3) is 2.91. The standard InChI is InChI=1S/C24H20N4O/c1-15-8-11-18(14-16(15)2)28-23(17-9-12-19(29-3)13-10-17)27-22-24(28)26-21-7-5-4-6-20(21)25-22/h4-14H,1-3H3. The molecule has 0 fully saturated rings. The summed E-state index contributed by atoms with van der Waals surface area (Å²) < 4.78 is 7.39. The van der Waals surface area contributed by atoms with Crippen LogP contribution < -0.4 is 4.74 Å². The summed E-state index contributed by atoms with van der Waals surface area (Å²) in [6.45, 7) is 4.23. The van der Waals surface area contributed by atoms with Crippen molar-refractivity contribution in [2.75, 3.05) is 7.11 Å². The molecule has 0 bridgehead atoms. The first kappa shape index (κ1) is 17.4. The van der Waals surface area contributed by atoms with Crippen LogP contribution >= 0.6 is 0 Å². The Balaban J connectivity index is 1.84. The second-order valence-electron chi connectivity index (χ2n) is 7.13. The van der Waals surface area contributed by atoms with Crippen LogP contribution in [-0.4, -0.2) is 26.6 Å². The molecule has 0 N–H and O–H groups in total. The van der Waals surface area contributed by atoms with E-state index in [4.69, 9.17) is 19.7 Å². The Morgan fingerprint density at radius 3 is 2.17 bits per heavy atom. The topological polar surface area (TPSA) is 52.8 Å². The van der Waals surface area contributed by atoms with E-state index in [0.29, 0.717) is 5.65 Å². The molecule has 0 unspecified atom stereocenters. The van der Waals surface area contributed by atoms with Gasteiger partial charge in [-0.2, -0.15) is 0 Å². The number of rotatable bonds is 3. The Morgan fingerprint density at radius 1 is 0.759 bits per heavy atom. The molecule has 0 amide bonds. The lowest BCUT2D eigenvalue weighted by molar-refractivity contribution is 0.415. The molecule has 0 aliphatic carbocycles. The van der Waals surface area contributed by atoms with E-state index in [2.05, 4.69) is 36.6 Å². The second-order valence-corrected chi connectivity index (χ2v) is 7.13. The van der Waals surface area contributed by atoms with Crippen molar-refractivity contribution in [3.8, 4) is 22.8 Å². The fourth-order valence-electron chi connectivity index (χ4n) is 3.50. The first-order chi connectivity index (χ1) is 14.1. The molecular formula is C24H20N4O. The first-order valence-electron chi connectivity index (χ1n) is 9.51. The van der Waals surface area contributed by atoms with Gasteiger partial charge in [0.15, 0.2) is 11.3 Å². The largest absolute Gasteiger partial charge is 0.497 e.